The van der Waals surface area contributed by atoms with E-state index in [-0.39, 0.29) is 17.6 Å². The molecule has 1 aliphatic rings. The number of nitrogens with one attached hydrogen (secondary N) is 1. The molecule has 0 aromatic rings. The molecular weight excluding hydrogens is 236 g/mol. The van der Waals surface area contributed by atoms with Gasteiger partial charge in [-0.05, 0) is 26.2 Å². The van der Waals surface area contributed by atoms with Crippen molar-refractivity contribution in [2.24, 2.45) is 16.8 Å². The van der Waals surface area contributed by atoms with Gasteiger partial charge in [-0.15, -0.1) is 0 Å². The lowest BCUT2D eigenvalue weighted by Crippen LogP contribution is -2.54. The first kappa shape index (κ1) is 14.3. The summed E-state index contributed by atoms with van der Waals surface area (Å²) in [6, 6.07) is -0.454. The second kappa shape index (κ2) is 6.23. The number of nitrogens with zero attached hydrogens (tertiary/aromatic N) is 2. The van der Waals surface area contributed by atoms with E-state index >= 15 is 0 Å². The number of amidine groups is 1. The van der Waals surface area contributed by atoms with E-state index in [0.717, 1.165) is 12.8 Å². The third kappa shape index (κ3) is 2.91. The number of carbonyl (C=O) groups is 2. The van der Waals surface area contributed by atoms with Crippen LogP contribution in [0.3, 0.4) is 0 Å². The monoisotopic (exact) mass is 256 g/mol. The molecule has 0 spiro atoms. The Balaban J connectivity index is 2.83. The summed E-state index contributed by atoms with van der Waals surface area (Å²) in [6.45, 7) is 2.09. The van der Waals surface area contributed by atoms with Crippen LogP contribution in [0.4, 0.5) is 0 Å². The van der Waals surface area contributed by atoms with Gasteiger partial charge in [-0.25, -0.2) is 0 Å². The Morgan fingerprint density at radius 1 is 1.50 bits per heavy atom. The molecule has 0 saturated carbocycles. The van der Waals surface area contributed by atoms with Crippen molar-refractivity contribution in [2.75, 3.05) is 13.6 Å². The number of likely N-dealkylation sites (tertiary alicyclic amines) is 1. The molecule has 1 aliphatic heterocycles. The van der Waals surface area contributed by atoms with Gasteiger partial charge >= 0.3 is 0 Å². The number of piperidine rings is 1. The molecule has 18 heavy (non-hydrogen) atoms. The van der Waals surface area contributed by atoms with Crippen molar-refractivity contribution in [3.05, 3.63) is 0 Å². The van der Waals surface area contributed by atoms with Gasteiger partial charge in [-0.3, -0.25) is 9.59 Å². The lowest BCUT2D eigenvalue weighted by atomic mass is 9.98. The highest BCUT2D eigenvalue weighted by Gasteiger charge is 2.34. The number of hydrogen-bond donors (Lipinski definition) is 3. The number of amides is 2. The van der Waals surface area contributed by atoms with E-state index in [0.29, 0.717) is 13.0 Å². The number of oxime groups is 1. The van der Waals surface area contributed by atoms with Crippen LogP contribution >= 0.6 is 0 Å². The molecule has 1 saturated heterocycles. The van der Waals surface area contributed by atoms with Gasteiger partial charge in [0.2, 0.25) is 11.8 Å². The van der Waals surface area contributed by atoms with Gasteiger partial charge in [0, 0.05) is 13.6 Å². The second-order valence-corrected chi connectivity index (χ2v) is 4.40. The van der Waals surface area contributed by atoms with Gasteiger partial charge in [0.15, 0.2) is 5.84 Å². The van der Waals surface area contributed by atoms with E-state index < -0.39 is 12.0 Å². The Kier molecular flexibility index (Phi) is 4.94. The second-order valence-electron chi connectivity index (χ2n) is 4.40. The number of likely N-dealkylation sites (N-methyl/N-ethyl adjacent to an activating group) is 1. The maximum Gasteiger partial charge on any atom is 0.242 e. The van der Waals surface area contributed by atoms with Gasteiger partial charge in [0.05, 0.1) is 5.92 Å². The first-order chi connectivity index (χ1) is 8.52. The van der Waals surface area contributed by atoms with Crippen LogP contribution in [0.2, 0.25) is 0 Å². The Labute approximate surface area is 106 Å². The van der Waals surface area contributed by atoms with Gasteiger partial charge in [-0.2, -0.15) is 0 Å². The predicted molar refractivity (Wildman–Crippen MR) is 66.0 cm³/mol. The van der Waals surface area contributed by atoms with Crippen molar-refractivity contribution in [3.63, 3.8) is 0 Å². The van der Waals surface area contributed by atoms with Crippen molar-refractivity contribution in [2.45, 2.75) is 32.2 Å². The van der Waals surface area contributed by atoms with E-state index in [1.807, 2.05) is 0 Å². The molecule has 0 aromatic carbocycles. The molecule has 4 N–H and O–H groups in total. The molecule has 102 valence electrons. The number of rotatable bonds is 3. The van der Waals surface area contributed by atoms with Crippen LogP contribution in [0.5, 0.6) is 0 Å². The zero-order valence-corrected chi connectivity index (χ0v) is 10.7. The highest BCUT2D eigenvalue weighted by molar-refractivity contribution is 6.03. The van der Waals surface area contributed by atoms with E-state index in [1.54, 1.807) is 14.0 Å². The molecule has 2 unspecified atom stereocenters. The normalized spacial score (nSPS) is 22.4. The van der Waals surface area contributed by atoms with Crippen molar-refractivity contribution in [3.8, 4) is 0 Å². The van der Waals surface area contributed by atoms with Crippen molar-refractivity contribution in [1.29, 1.82) is 0 Å². The minimum absolute atomic E-state index is 0.138. The maximum absolute atomic E-state index is 12.2. The lowest BCUT2D eigenvalue weighted by Gasteiger charge is -2.35. The molecule has 2 atom stereocenters. The molecule has 0 bridgehead atoms. The highest BCUT2D eigenvalue weighted by Crippen LogP contribution is 2.19. The fourth-order valence-corrected chi connectivity index (χ4v) is 2.10. The minimum Gasteiger partial charge on any atom is -0.409 e. The van der Waals surface area contributed by atoms with Crippen molar-refractivity contribution >= 4 is 17.6 Å². The van der Waals surface area contributed by atoms with Crippen LogP contribution in [0, 0.1) is 5.92 Å². The number of hydrogen-bond acceptors (Lipinski definition) is 4. The topological polar surface area (TPSA) is 108 Å². The Bertz CT molecular complexity index is 356. The number of nitrogens with two attached hydrogens (primary N) is 1. The summed E-state index contributed by atoms with van der Waals surface area (Å²) in [5.41, 5.74) is 5.43. The summed E-state index contributed by atoms with van der Waals surface area (Å²) in [7, 11) is 1.55. The molecule has 1 fully saturated rings. The average Bonchev–Trinajstić information content (AvgIpc) is 2.43. The highest BCUT2D eigenvalue weighted by atomic mass is 16.4. The average molecular weight is 256 g/mol. The zero-order chi connectivity index (χ0) is 13.7. The third-order valence-corrected chi connectivity index (χ3v) is 3.26. The van der Waals surface area contributed by atoms with Crippen LogP contribution in [0.25, 0.3) is 0 Å². The van der Waals surface area contributed by atoms with Gasteiger partial charge in [0.25, 0.3) is 0 Å². The Morgan fingerprint density at radius 3 is 2.72 bits per heavy atom. The first-order valence-electron chi connectivity index (χ1n) is 6.02. The summed E-state index contributed by atoms with van der Waals surface area (Å²) in [6.07, 6.45) is 2.43. The van der Waals surface area contributed by atoms with Crippen LogP contribution < -0.4 is 11.1 Å². The Morgan fingerprint density at radius 2 is 2.17 bits per heavy atom. The quantitative estimate of drug-likeness (QED) is 0.274. The summed E-state index contributed by atoms with van der Waals surface area (Å²) in [5.74, 6) is -1.31. The smallest absolute Gasteiger partial charge is 0.242 e. The summed E-state index contributed by atoms with van der Waals surface area (Å²) in [4.78, 5) is 25.4. The van der Waals surface area contributed by atoms with Gasteiger partial charge in [0.1, 0.15) is 6.04 Å². The Hall–Kier alpha value is -1.79. The molecule has 0 aliphatic carbocycles. The molecule has 2 amide bonds. The number of carbonyl (C=O) groups excluding carboxylic acids is 2. The van der Waals surface area contributed by atoms with Crippen LogP contribution in [-0.2, 0) is 9.59 Å². The lowest BCUT2D eigenvalue weighted by molar-refractivity contribution is -0.143. The molecule has 1 heterocycles. The first-order valence-corrected chi connectivity index (χ1v) is 6.02. The maximum atomic E-state index is 12.2. The molecule has 0 radical (unpaired) electrons. The molecule has 7 nitrogen and oxygen atoms in total. The van der Waals surface area contributed by atoms with Crippen molar-refractivity contribution in [1.82, 2.24) is 10.2 Å². The third-order valence-electron chi connectivity index (χ3n) is 3.26. The molecule has 0 aromatic heterocycles. The summed E-state index contributed by atoms with van der Waals surface area (Å²) in [5, 5.41) is 14.0. The fraction of sp³-hybridized carbons (Fsp3) is 0.727. The van der Waals surface area contributed by atoms with E-state index in [2.05, 4.69) is 10.5 Å². The summed E-state index contributed by atoms with van der Waals surface area (Å²) >= 11 is 0. The SMILES string of the molecule is CNC(=O)C1CCCCN1C(=O)C(C)C(N)=NO. The standard InChI is InChI=1S/C11H20N4O3/c1-7(9(12)14-18)11(17)15-6-4-3-5-8(15)10(16)13-2/h7-8,18H,3-6H2,1-2H3,(H2,12,14)(H,13,16). The predicted octanol–water partition coefficient (Wildman–Crippen LogP) is -0.504. The summed E-state index contributed by atoms with van der Waals surface area (Å²) < 4.78 is 0. The van der Waals surface area contributed by atoms with Crippen LogP contribution in [-0.4, -0.2) is 47.4 Å². The molecule has 1 rings (SSSR count). The van der Waals surface area contributed by atoms with Crippen LogP contribution in [0.15, 0.2) is 5.16 Å². The van der Waals surface area contributed by atoms with Crippen molar-refractivity contribution < 1.29 is 14.8 Å². The largest absolute Gasteiger partial charge is 0.409 e. The molecular formula is C11H20N4O3. The zero-order valence-electron chi connectivity index (χ0n) is 10.7. The van der Waals surface area contributed by atoms with Gasteiger partial charge in [-0.1, -0.05) is 5.16 Å². The minimum atomic E-state index is -0.722. The fourth-order valence-electron chi connectivity index (χ4n) is 2.10. The van der Waals surface area contributed by atoms with Crippen LogP contribution in [0.1, 0.15) is 26.2 Å². The molecule has 7 heteroatoms. The van der Waals surface area contributed by atoms with E-state index in [1.165, 1.54) is 4.90 Å². The van der Waals surface area contributed by atoms with E-state index in [4.69, 9.17) is 10.9 Å². The van der Waals surface area contributed by atoms with E-state index in [9.17, 15) is 9.59 Å². The van der Waals surface area contributed by atoms with Gasteiger partial charge < -0.3 is 21.2 Å².